The largest absolute Gasteiger partial charge is 0.299 e. The molecule has 1 rings (SSSR count). The predicted molar refractivity (Wildman–Crippen MR) is 53.0 cm³/mol. The molecular formula is C11H10F4O2. The number of Topliss-reactive ketones (excluding diaryl/α,β-unsaturated/α-hetero) is 2. The number of ketones is 2. The Bertz CT molecular complexity index is 365. The number of hydrogen-bond acceptors (Lipinski definition) is 2. The number of hydrogen-bond donors (Lipinski definition) is 0. The second-order valence-corrected chi connectivity index (χ2v) is 2.97. The zero-order chi connectivity index (χ0) is 13.4. The van der Waals surface area contributed by atoms with Crippen molar-refractivity contribution >= 4 is 11.6 Å². The highest BCUT2D eigenvalue weighted by Gasteiger charge is 2.29. The Morgan fingerprint density at radius 2 is 1.53 bits per heavy atom. The van der Waals surface area contributed by atoms with Crippen LogP contribution in [-0.4, -0.2) is 24.2 Å². The Morgan fingerprint density at radius 1 is 1.06 bits per heavy atom. The molecule has 0 radical (unpaired) electrons. The summed E-state index contributed by atoms with van der Waals surface area (Å²) < 4.78 is 46.5. The molecule has 0 aliphatic rings. The third-order valence-corrected chi connectivity index (χ3v) is 1.55. The average Bonchev–Trinajstić information content (AvgIpc) is 2.28. The summed E-state index contributed by atoms with van der Waals surface area (Å²) in [6, 6.07) is 7.94. The second kappa shape index (κ2) is 7.54. The lowest BCUT2D eigenvalue weighted by atomic mass is 10.2. The van der Waals surface area contributed by atoms with Crippen LogP contribution in [0.1, 0.15) is 6.92 Å². The van der Waals surface area contributed by atoms with Crippen molar-refractivity contribution in [3.63, 3.8) is 0 Å². The maximum absolute atomic E-state index is 12.0. The third-order valence-electron chi connectivity index (χ3n) is 1.55. The minimum atomic E-state index is -3.40. The molecule has 0 aromatic heterocycles. The second-order valence-electron chi connectivity index (χ2n) is 2.97. The van der Waals surface area contributed by atoms with Crippen LogP contribution in [0.5, 0.6) is 0 Å². The Labute approximate surface area is 95.2 Å². The predicted octanol–water partition coefficient (Wildman–Crippen LogP) is 2.57. The summed E-state index contributed by atoms with van der Waals surface area (Å²) in [5, 5.41) is 0. The van der Waals surface area contributed by atoms with Crippen molar-refractivity contribution in [2.75, 3.05) is 0 Å². The van der Waals surface area contributed by atoms with E-state index in [0.29, 0.717) is 0 Å². The van der Waals surface area contributed by atoms with Gasteiger partial charge in [-0.1, -0.05) is 18.2 Å². The van der Waals surface area contributed by atoms with Gasteiger partial charge in [-0.3, -0.25) is 9.59 Å². The van der Waals surface area contributed by atoms with Crippen molar-refractivity contribution in [3.8, 4) is 0 Å². The molecule has 1 unspecified atom stereocenters. The summed E-state index contributed by atoms with van der Waals surface area (Å²) >= 11 is 0. The van der Waals surface area contributed by atoms with Crippen LogP contribution in [0.2, 0.25) is 0 Å². The van der Waals surface area contributed by atoms with Crippen molar-refractivity contribution in [1.82, 2.24) is 0 Å². The third kappa shape index (κ3) is 6.44. The highest BCUT2D eigenvalue weighted by atomic mass is 19.3. The molecule has 0 fully saturated rings. The minimum Gasteiger partial charge on any atom is -0.296 e. The van der Waals surface area contributed by atoms with Crippen LogP contribution in [0.4, 0.5) is 17.6 Å². The molecular weight excluding hydrogens is 240 g/mol. The van der Waals surface area contributed by atoms with E-state index in [0.717, 1.165) is 6.92 Å². The van der Waals surface area contributed by atoms with Crippen molar-refractivity contribution in [2.45, 2.75) is 19.5 Å². The van der Waals surface area contributed by atoms with Crippen molar-refractivity contribution < 1.29 is 27.2 Å². The molecule has 94 valence electrons. The van der Waals surface area contributed by atoms with E-state index in [-0.39, 0.29) is 5.82 Å². The molecule has 6 heteroatoms. The summed E-state index contributed by atoms with van der Waals surface area (Å²) in [7, 11) is 0. The Morgan fingerprint density at radius 3 is 1.71 bits per heavy atom. The van der Waals surface area contributed by atoms with Gasteiger partial charge in [0, 0.05) is 0 Å². The van der Waals surface area contributed by atoms with Gasteiger partial charge in [-0.15, -0.1) is 0 Å². The number of alkyl halides is 3. The lowest BCUT2D eigenvalue weighted by Crippen LogP contribution is -2.28. The maximum Gasteiger partial charge on any atom is 0.299 e. The van der Waals surface area contributed by atoms with E-state index in [1.165, 1.54) is 12.1 Å². The number of rotatable bonds is 3. The summed E-state index contributed by atoms with van der Waals surface area (Å²) in [5.41, 5.74) is 0. The Balaban J connectivity index is 0.000000318. The average molecular weight is 250 g/mol. The van der Waals surface area contributed by atoms with Crippen LogP contribution in [-0.2, 0) is 9.59 Å². The zero-order valence-corrected chi connectivity index (χ0v) is 8.87. The normalized spacial score (nSPS) is 11.4. The van der Waals surface area contributed by atoms with Crippen molar-refractivity contribution in [3.05, 3.63) is 36.1 Å². The van der Waals surface area contributed by atoms with E-state index < -0.39 is 24.2 Å². The topological polar surface area (TPSA) is 34.1 Å². The molecule has 17 heavy (non-hydrogen) atoms. The van der Waals surface area contributed by atoms with Crippen LogP contribution in [0.25, 0.3) is 0 Å². The molecule has 0 amide bonds. The lowest BCUT2D eigenvalue weighted by Gasteiger charge is -1.99. The molecule has 1 aromatic carbocycles. The van der Waals surface area contributed by atoms with Gasteiger partial charge >= 0.3 is 0 Å². The number of carbonyl (C=O) groups excluding carboxylic acids is 2. The summed E-state index contributed by atoms with van der Waals surface area (Å²) in [6.45, 7) is 0.741. The number of benzene rings is 1. The SMILES string of the molecule is CC(=O)C(F)C(=O)C(F)F.Fc1ccccc1. The van der Waals surface area contributed by atoms with Crippen LogP contribution < -0.4 is 0 Å². The van der Waals surface area contributed by atoms with E-state index in [4.69, 9.17) is 0 Å². The number of carbonyl (C=O) groups is 2. The van der Waals surface area contributed by atoms with Gasteiger partial charge in [0.25, 0.3) is 6.43 Å². The molecule has 0 saturated heterocycles. The van der Waals surface area contributed by atoms with Crippen LogP contribution in [0.3, 0.4) is 0 Å². The van der Waals surface area contributed by atoms with Gasteiger partial charge < -0.3 is 0 Å². The summed E-state index contributed by atoms with van der Waals surface area (Å²) in [5.74, 6) is -3.33. The van der Waals surface area contributed by atoms with Crippen LogP contribution >= 0.6 is 0 Å². The van der Waals surface area contributed by atoms with Crippen LogP contribution in [0.15, 0.2) is 30.3 Å². The number of halogens is 4. The van der Waals surface area contributed by atoms with Gasteiger partial charge in [-0.05, 0) is 19.1 Å². The summed E-state index contributed by atoms with van der Waals surface area (Å²) in [6.07, 6.45) is -6.07. The molecule has 0 spiro atoms. The molecule has 2 nitrogen and oxygen atoms in total. The smallest absolute Gasteiger partial charge is 0.296 e. The molecule has 0 aliphatic heterocycles. The summed E-state index contributed by atoms with van der Waals surface area (Å²) in [4.78, 5) is 19.9. The van der Waals surface area contributed by atoms with Gasteiger partial charge in [0.1, 0.15) is 5.82 Å². The van der Waals surface area contributed by atoms with E-state index in [2.05, 4.69) is 0 Å². The first-order chi connectivity index (χ1) is 7.86. The first-order valence-corrected chi connectivity index (χ1v) is 4.53. The van der Waals surface area contributed by atoms with Gasteiger partial charge in [0.15, 0.2) is 5.78 Å². The highest BCUT2D eigenvalue weighted by Crippen LogP contribution is 2.03. The lowest BCUT2D eigenvalue weighted by molar-refractivity contribution is -0.140. The quantitative estimate of drug-likeness (QED) is 0.610. The van der Waals surface area contributed by atoms with Crippen molar-refractivity contribution in [1.29, 1.82) is 0 Å². The molecule has 0 bridgehead atoms. The van der Waals surface area contributed by atoms with E-state index in [1.807, 2.05) is 0 Å². The molecule has 0 N–H and O–H groups in total. The Hall–Kier alpha value is -1.72. The fourth-order valence-corrected chi connectivity index (χ4v) is 0.726. The van der Waals surface area contributed by atoms with Gasteiger partial charge in [-0.2, -0.15) is 0 Å². The van der Waals surface area contributed by atoms with E-state index >= 15 is 0 Å². The fraction of sp³-hybridized carbons (Fsp3) is 0.273. The van der Waals surface area contributed by atoms with E-state index in [9.17, 15) is 27.2 Å². The zero-order valence-electron chi connectivity index (χ0n) is 8.87. The first kappa shape index (κ1) is 15.3. The maximum atomic E-state index is 12.0. The fourth-order valence-electron chi connectivity index (χ4n) is 0.726. The molecule has 1 atom stereocenters. The van der Waals surface area contributed by atoms with Crippen LogP contribution in [0, 0.1) is 5.82 Å². The minimum absolute atomic E-state index is 0.178. The molecule has 1 aromatic rings. The molecule has 0 heterocycles. The van der Waals surface area contributed by atoms with Gasteiger partial charge in [0.2, 0.25) is 12.0 Å². The van der Waals surface area contributed by atoms with Gasteiger partial charge in [0.05, 0.1) is 0 Å². The molecule has 0 saturated carbocycles. The Kier molecular flexibility index (Phi) is 6.77. The monoisotopic (exact) mass is 250 g/mol. The van der Waals surface area contributed by atoms with Crippen molar-refractivity contribution in [2.24, 2.45) is 0 Å². The van der Waals surface area contributed by atoms with E-state index in [1.54, 1.807) is 18.2 Å². The highest BCUT2D eigenvalue weighted by molar-refractivity contribution is 6.05. The standard InChI is InChI=1S/C6H5F.C5H5F3O2/c7-6-4-2-1-3-5-6;1-2(9)3(6)4(10)5(7)8/h1-5H;3,5H,1H3. The van der Waals surface area contributed by atoms with Gasteiger partial charge in [-0.25, -0.2) is 17.6 Å². The molecule has 0 aliphatic carbocycles. The first-order valence-electron chi connectivity index (χ1n) is 4.53.